The van der Waals surface area contributed by atoms with Crippen LogP contribution in [0.25, 0.3) is 0 Å². The molecule has 2 saturated heterocycles. The maximum absolute atomic E-state index is 3.75. The summed E-state index contributed by atoms with van der Waals surface area (Å²) in [5.74, 6) is 0. The SMILES string of the molecule is CNCc1ccc(CN2CCN3CCCCC3C2)c(Br)c1. The molecule has 1 unspecified atom stereocenters. The van der Waals surface area contributed by atoms with E-state index in [1.165, 1.54) is 61.0 Å². The predicted octanol–water partition coefficient (Wildman–Crippen LogP) is 2.84. The molecule has 116 valence electrons. The average Bonchev–Trinajstić information content (AvgIpc) is 2.50. The van der Waals surface area contributed by atoms with Gasteiger partial charge in [0.05, 0.1) is 0 Å². The zero-order valence-corrected chi connectivity index (χ0v) is 14.5. The van der Waals surface area contributed by atoms with Gasteiger partial charge in [-0.05, 0) is 43.6 Å². The summed E-state index contributed by atoms with van der Waals surface area (Å²) in [4.78, 5) is 5.33. The lowest BCUT2D eigenvalue weighted by Gasteiger charge is -2.44. The van der Waals surface area contributed by atoms with E-state index in [4.69, 9.17) is 0 Å². The number of hydrogen-bond donors (Lipinski definition) is 1. The number of nitrogens with one attached hydrogen (secondary N) is 1. The van der Waals surface area contributed by atoms with Crippen molar-refractivity contribution in [2.45, 2.75) is 38.4 Å². The summed E-state index contributed by atoms with van der Waals surface area (Å²) < 4.78 is 1.25. The first-order valence-corrected chi connectivity index (χ1v) is 8.94. The first kappa shape index (κ1) is 15.5. The molecule has 1 atom stereocenters. The van der Waals surface area contributed by atoms with Crippen LogP contribution in [-0.4, -0.2) is 49.1 Å². The van der Waals surface area contributed by atoms with E-state index in [9.17, 15) is 0 Å². The second-order valence-electron chi connectivity index (χ2n) is 6.38. The van der Waals surface area contributed by atoms with Gasteiger partial charge in [0.15, 0.2) is 0 Å². The fourth-order valence-electron chi connectivity index (χ4n) is 3.64. The molecule has 4 heteroatoms. The van der Waals surface area contributed by atoms with Crippen LogP contribution in [0, 0.1) is 0 Å². The quantitative estimate of drug-likeness (QED) is 0.899. The van der Waals surface area contributed by atoms with Gasteiger partial charge < -0.3 is 5.32 Å². The Hall–Kier alpha value is -0.420. The van der Waals surface area contributed by atoms with Gasteiger partial charge >= 0.3 is 0 Å². The number of nitrogens with zero attached hydrogens (tertiary/aromatic N) is 2. The molecule has 0 bridgehead atoms. The van der Waals surface area contributed by atoms with Crippen LogP contribution in [0.1, 0.15) is 30.4 Å². The second kappa shape index (κ2) is 7.23. The standard InChI is InChI=1S/C17H26BrN3/c1-19-11-14-5-6-15(17(18)10-14)12-20-8-9-21-7-3-2-4-16(21)13-20/h5-6,10,16,19H,2-4,7-9,11-13H2,1H3. The first-order chi connectivity index (χ1) is 10.3. The maximum atomic E-state index is 3.75. The van der Waals surface area contributed by atoms with Crippen molar-refractivity contribution in [2.24, 2.45) is 0 Å². The number of hydrogen-bond acceptors (Lipinski definition) is 3. The molecule has 2 aliphatic rings. The van der Waals surface area contributed by atoms with Crippen molar-refractivity contribution in [2.75, 3.05) is 33.2 Å². The van der Waals surface area contributed by atoms with E-state index in [-0.39, 0.29) is 0 Å². The van der Waals surface area contributed by atoms with E-state index < -0.39 is 0 Å². The third-order valence-corrected chi connectivity index (χ3v) is 5.55. The van der Waals surface area contributed by atoms with E-state index in [0.29, 0.717) is 0 Å². The Balaban J connectivity index is 1.61. The van der Waals surface area contributed by atoms with E-state index in [0.717, 1.165) is 19.1 Å². The molecule has 0 aromatic heterocycles. The molecule has 2 heterocycles. The van der Waals surface area contributed by atoms with Gasteiger partial charge in [0, 0.05) is 43.2 Å². The summed E-state index contributed by atoms with van der Waals surface area (Å²) in [6, 6.07) is 7.58. The number of halogens is 1. The number of piperazine rings is 1. The molecule has 1 aromatic carbocycles. The van der Waals surface area contributed by atoms with Crippen LogP contribution in [0.4, 0.5) is 0 Å². The van der Waals surface area contributed by atoms with Gasteiger partial charge in [0.25, 0.3) is 0 Å². The molecular weight excluding hydrogens is 326 g/mol. The number of benzene rings is 1. The zero-order chi connectivity index (χ0) is 14.7. The molecule has 1 N–H and O–H groups in total. The van der Waals surface area contributed by atoms with Crippen LogP contribution in [0.5, 0.6) is 0 Å². The highest BCUT2D eigenvalue weighted by atomic mass is 79.9. The van der Waals surface area contributed by atoms with Crippen molar-refractivity contribution in [1.29, 1.82) is 0 Å². The lowest BCUT2D eigenvalue weighted by Crippen LogP contribution is -2.54. The Morgan fingerprint density at radius 2 is 2.14 bits per heavy atom. The van der Waals surface area contributed by atoms with Gasteiger partial charge in [0.2, 0.25) is 0 Å². The molecule has 0 amide bonds. The number of rotatable bonds is 4. The predicted molar refractivity (Wildman–Crippen MR) is 91.4 cm³/mol. The molecule has 21 heavy (non-hydrogen) atoms. The third-order valence-electron chi connectivity index (χ3n) is 4.81. The summed E-state index contributed by atoms with van der Waals surface area (Å²) in [5, 5.41) is 3.21. The highest BCUT2D eigenvalue weighted by molar-refractivity contribution is 9.10. The molecule has 1 aromatic rings. The Labute approximate surface area is 136 Å². The van der Waals surface area contributed by atoms with E-state index >= 15 is 0 Å². The van der Waals surface area contributed by atoms with Crippen LogP contribution in [0.2, 0.25) is 0 Å². The summed E-state index contributed by atoms with van der Waals surface area (Å²) in [7, 11) is 1.99. The highest BCUT2D eigenvalue weighted by Gasteiger charge is 2.28. The van der Waals surface area contributed by atoms with Crippen molar-refractivity contribution in [3.05, 3.63) is 33.8 Å². The minimum absolute atomic E-state index is 0.801. The second-order valence-corrected chi connectivity index (χ2v) is 7.23. The smallest absolute Gasteiger partial charge is 0.0246 e. The normalized spacial score (nSPS) is 24.0. The van der Waals surface area contributed by atoms with Crippen molar-refractivity contribution >= 4 is 15.9 Å². The van der Waals surface area contributed by atoms with Gasteiger partial charge in [-0.3, -0.25) is 9.80 Å². The topological polar surface area (TPSA) is 18.5 Å². The highest BCUT2D eigenvalue weighted by Crippen LogP contribution is 2.25. The summed E-state index contributed by atoms with van der Waals surface area (Å²) in [5.41, 5.74) is 2.75. The fraction of sp³-hybridized carbons (Fsp3) is 0.647. The van der Waals surface area contributed by atoms with E-state index in [2.05, 4.69) is 49.2 Å². The Morgan fingerprint density at radius 1 is 1.24 bits per heavy atom. The monoisotopic (exact) mass is 351 g/mol. The number of fused-ring (bicyclic) bond motifs is 1. The molecule has 0 spiro atoms. The van der Waals surface area contributed by atoms with Gasteiger partial charge in [-0.1, -0.05) is 34.5 Å². The molecule has 0 aliphatic carbocycles. The zero-order valence-electron chi connectivity index (χ0n) is 12.9. The van der Waals surface area contributed by atoms with Gasteiger partial charge in [-0.25, -0.2) is 0 Å². The Morgan fingerprint density at radius 3 is 2.95 bits per heavy atom. The van der Waals surface area contributed by atoms with Crippen LogP contribution in [0.15, 0.2) is 22.7 Å². The maximum Gasteiger partial charge on any atom is 0.0246 e. The van der Waals surface area contributed by atoms with Crippen LogP contribution >= 0.6 is 15.9 Å². The van der Waals surface area contributed by atoms with Crippen LogP contribution in [0.3, 0.4) is 0 Å². The number of piperidine rings is 1. The average molecular weight is 352 g/mol. The molecule has 3 nitrogen and oxygen atoms in total. The van der Waals surface area contributed by atoms with Crippen molar-refractivity contribution < 1.29 is 0 Å². The minimum Gasteiger partial charge on any atom is -0.316 e. The van der Waals surface area contributed by atoms with Crippen LogP contribution in [-0.2, 0) is 13.1 Å². The third kappa shape index (κ3) is 3.86. The molecule has 2 aliphatic heterocycles. The lowest BCUT2D eigenvalue weighted by atomic mass is 9.99. The van der Waals surface area contributed by atoms with Gasteiger partial charge in [-0.15, -0.1) is 0 Å². The van der Waals surface area contributed by atoms with E-state index in [1.807, 2.05) is 7.05 Å². The van der Waals surface area contributed by atoms with Crippen molar-refractivity contribution in [3.63, 3.8) is 0 Å². The summed E-state index contributed by atoms with van der Waals surface area (Å²) in [6.45, 7) is 7.03. The Bertz CT molecular complexity index is 477. The summed E-state index contributed by atoms with van der Waals surface area (Å²) >= 11 is 3.75. The summed E-state index contributed by atoms with van der Waals surface area (Å²) in [6.07, 6.45) is 4.20. The van der Waals surface area contributed by atoms with E-state index in [1.54, 1.807) is 0 Å². The molecular formula is C17H26BrN3. The van der Waals surface area contributed by atoms with Gasteiger partial charge in [0.1, 0.15) is 0 Å². The molecule has 3 rings (SSSR count). The van der Waals surface area contributed by atoms with Crippen molar-refractivity contribution in [1.82, 2.24) is 15.1 Å². The lowest BCUT2D eigenvalue weighted by molar-refractivity contribution is 0.0456. The minimum atomic E-state index is 0.801. The Kier molecular flexibility index (Phi) is 5.33. The first-order valence-electron chi connectivity index (χ1n) is 8.14. The fourth-order valence-corrected chi connectivity index (χ4v) is 4.19. The molecule has 2 fully saturated rings. The van der Waals surface area contributed by atoms with Gasteiger partial charge in [-0.2, -0.15) is 0 Å². The molecule has 0 saturated carbocycles. The largest absolute Gasteiger partial charge is 0.316 e. The molecule has 0 radical (unpaired) electrons. The van der Waals surface area contributed by atoms with Crippen LogP contribution < -0.4 is 5.32 Å². The van der Waals surface area contributed by atoms with Crippen molar-refractivity contribution in [3.8, 4) is 0 Å².